The molecule has 2 rings (SSSR count). The van der Waals surface area contributed by atoms with E-state index in [4.69, 9.17) is 16.3 Å². The van der Waals surface area contributed by atoms with E-state index in [1.165, 1.54) is 12.1 Å². The van der Waals surface area contributed by atoms with Gasteiger partial charge < -0.3 is 4.74 Å². The van der Waals surface area contributed by atoms with E-state index in [9.17, 15) is 4.39 Å². The van der Waals surface area contributed by atoms with Crippen LogP contribution in [-0.2, 0) is 0 Å². The fourth-order valence-electron chi connectivity index (χ4n) is 1.78. The summed E-state index contributed by atoms with van der Waals surface area (Å²) in [5.74, 6) is 0.694. The van der Waals surface area contributed by atoms with Crippen molar-refractivity contribution in [3.8, 4) is 11.5 Å². The minimum atomic E-state index is -0.378. The third-order valence-electron chi connectivity index (χ3n) is 2.83. The van der Waals surface area contributed by atoms with Gasteiger partial charge in [0, 0.05) is 0 Å². The minimum Gasteiger partial charge on any atom is -0.454 e. The zero-order valence-corrected chi connectivity index (χ0v) is 13.5. The molecule has 0 saturated carbocycles. The van der Waals surface area contributed by atoms with E-state index in [0.29, 0.717) is 17.1 Å². The first-order chi connectivity index (χ1) is 9.38. The standard InChI is InChI=1S/C16H13BrClFO/c1-9(2)11-4-5-15(13(17)7-11)20-16-10(3)6-12(19)8-14(16)18/h4-8H,1H2,2-3H3. The lowest BCUT2D eigenvalue weighted by Crippen LogP contribution is -1.92. The Hall–Kier alpha value is -1.32. The van der Waals surface area contributed by atoms with Gasteiger partial charge >= 0.3 is 0 Å². The van der Waals surface area contributed by atoms with Crippen LogP contribution in [0.5, 0.6) is 11.5 Å². The summed E-state index contributed by atoms with van der Waals surface area (Å²) in [5, 5.41) is 0.248. The second-order valence-corrected chi connectivity index (χ2v) is 5.82. The van der Waals surface area contributed by atoms with Gasteiger partial charge in [-0.15, -0.1) is 0 Å². The van der Waals surface area contributed by atoms with Crippen molar-refractivity contribution < 1.29 is 9.13 Å². The van der Waals surface area contributed by atoms with Gasteiger partial charge in [0.25, 0.3) is 0 Å². The van der Waals surface area contributed by atoms with Gasteiger partial charge in [-0.1, -0.05) is 29.8 Å². The van der Waals surface area contributed by atoms with Gasteiger partial charge in [0.05, 0.1) is 9.50 Å². The topological polar surface area (TPSA) is 9.23 Å². The summed E-state index contributed by atoms with van der Waals surface area (Å²) in [4.78, 5) is 0. The van der Waals surface area contributed by atoms with E-state index in [0.717, 1.165) is 15.6 Å². The molecule has 1 nitrogen and oxygen atoms in total. The maximum absolute atomic E-state index is 13.2. The number of halogens is 3. The molecule has 4 heteroatoms. The Balaban J connectivity index is 2.38. The van der Waals surface area contributed by atoms with Gasteiger partial charge in [-0.3, -0.25) is 0 Å². The molecule has 0 fully saturated rings. The monoisotopic (exact) mass is 354 g/mol. The first kappa shape index (κ1) is 15.1. The molecular weight excluding hydrogens is 343 g/mol. The molecule has 0 N–H and O–H groups in total. The lowest BCUT2D eigenvalue weighted by Gasteiger charge is -2.13. The SMILES string of the molecule is C=C(C)c1ccc(Oc2c(C)cc(F)cc2Cl)c(Br)c1. The first-order valence-corrected chi connectivity index (χ1v) is 7.14. The minimum absolute atomic E-state index is 0.248. The van der Waals surface area contributed by atoms with Gasteiger partial charge in [-0.25, -0.2) is 4.39 Å². The molecule has 0 radical (unpaired) electrons. The maximum Gasteiger partial charge on any atom is 0.149 e. The van der Waals surface area contributed by atoms with Gasteiger partial charge in [-0.2, -0.15) is 0 Å². The smallest absolute Gasteiger partial charge is 0.149 e. The average Bonchev–Trinajstić information content (AvgIpc) is 2.34. The van der Waals surface area contributed by atoms with Crippen molar-refractivity contribution >= 4 is 33.1 Å². The Morgan fingerprint density at radius 3 is 2.55 bits per heavy atom. The van der Waals surface area contributed by atoms with Crippen LogP contribution in [0.1, 0.15) is 18.1 Å². The highest BCUT2D eigenvalue weighted by atomic mass is 79.9. The van der Waals surface area contributed by atoms with Crippen LogP contribution in [-0.4, -0.2) is 0 Å². The highest BCUT2D eigenvalue weighted by Gasteiger charge is 2.11. The molecule has 104 valence electrons. The van der Waals surface area contributed by atoms with E-state index in [1.54, 1.807) is 6.92 Å². The van der Waals surface area contributed by atoms with Crippen molar-refractivity contribution in [1.82, 2.24) is 0 Å². The van der Waals surface area contributed by atoms with Crippen LogP contribution >= 0.6 is 27.5 Å². The average molecular weight is 356 g/mol. The number of aryl methyl sites for hydroxylation is 1. The molecule has 0 aliphatic heterocycles. The molecular formula is C16H13BrClFO. The molecule has 20 heavy (non-hydrogen) atoms. The largest absolute Gasteiger partial charge is 0.454 e. The number of benzene rings is 2. The van der Waals surface area contributed by atoms with E-state index in [-0.39, 0.29) is 10.8 Å². The normalized spacial score (nSPS) is 10.4. The van der Waals surface area contributed by atoms with Crippen LogP contribution in [0.15, 0.2) is 41.4 Å². The zero-order chi connectivity index (χ0) is 14.9. The zero-order valence-electron chi connectivity index (χ0n) is 11.1. The van der Waals surface area contributed by atoms with E-state index >= 15 is 0 Å². The summed E-state index contributed by atoms with van der Waals surface area (Å²) in [6.45, 7) is 7.58. The van der Waals surface area contributed by atoms with Gasteiger partial charge in [0.15, 0.2) is 0 Å². The summed E-state index contributed by atoms with van der Waals surface area (Å²) in [6.07, 6.45) is 0. The van der Waals surface area contributed by atoms with Crippen molar-refractivity contribution in [1.29, 1.82) is 0 Å². The molecule has 0 bridgehead atoms. The quantitative estimate of drug-likeness (QED) is 0.621. The summed E-state index contributed by atoms with van der Waals surface area (Å²) in [7, 11) is 0. The molecule has 0 unspecified atom stereocenters. The van der Waals surface area contributed by atoms with Crippen molar-refractivity contribution in [2.75, 3.05) is 0 Å². The van der Waals surface area contributed by atoms with Crippen LogP contribution in [0.3, 0.4) is 0 Å². The first-order valence-electron chi connectivity index (χ1n) is 5.97. The molecule has 0 atom stereocenters. The van der Waals surface area contributed by atoms with Crippen molar-refractivity contribution in [2.45, 2.75) is 13.8 Å². The van der Waals surface area contributed by atoms with Crippen LogP contribution in [0.4, 0.5) is 4.39 Å². The number of ether oxygens (including phenoxy) is 1. The molecule has 0 spiro atoms. The number of hydrogen-bond donors (Lipinski definition) is 0. The van der Waals surface area contributed by atoms with Gasteiger partial charge in [-0.05, 0) is 65.2 Å². The summed E-state index contributed by atoms with van der Waals surface area (Å²) in [5.41, 5.74) is 2.63. The maximum atomic E-state index is 13.2. The Morgan fingerprint density at radius 1 is 1.30 bits per heavy atom. The van der Waals surface area contributed by atoms with Gasteiger partial charge in [0.1, 0.15) is 17.3 Å². The second kappa shape index (κ2) is 5.98. The van der Waals surface area contributed by atoms with Gasteiger partial charge in [0.2, 0.25) is 0 Å². The van der Waals surface area contributed by atoms with Crippen molar-refractivity contribution in [2.24, 2.45) is 0 Å². The summed E-state index contributed by atoms with van der Waals surface area (Å²) < 4.78 is 19.8. The molecule has 2 aromatic rings. The summed E-state index contributed by atoms with van der Waals surface area (Å²) in [6, 6.07) is 8.28. The highest BCUT2D eigenvalue weighted by Crippen LogP contribution is 2.37. The van der Waals surface area contributed by atoms with Crippen LogP contribution in [0.25, 0.3) is 5.57 Å². The molecule has 0 saturated heterocycles. The fraction of sp³-hybridized carbons (Fsp3) is 0.125. The fourth-order valence-corrected chi connectivity index (χ4v) is 2.53. The number of allylic oxidation sites excluding steroid dienone is 1. The second-order valence-electron chi connectivity index (χ2n) is 4.56. The molecule has 0 aliphatic carbocycles. The van der Waals surface area contributed by atoms with E-state index in [2.05, 4.69) is 22.5 Å². The predicted molar refractivity (Wildman–Crippen MR) is 85.1 cm³/mol. The number of hydrogen-bond acceptors (Lipinski definition) is 1. The Labute approximate surface area is 131 Å². The van der Waals surface area contributed by atoms with E-state index in [1.807, 2.05) is 25.1 Å². The lowest BCUT2D eigenvalue weighted by molar-refractivity contribution is 0.474. The highest BCUT2D eigenvalue weighted by molar-refractivity contribution is 9.10. The summed E-state index contributed by atoms with van der Waals surface area (Å²) >= 11 is 9.48. The Bertz CT molecular complexity index is 659. The molecule has 0 amide bonds. The lowest BCUT2D eigenvalue weighted by atomic mass is 10.1. The van der Waals surface area contributed by atoms with Crippen LogP contribution in [0.2, 0.25) is 5.02 Å². The Kier molecular flexibility index (Phi) is 4.51. The van der Waals surface area contributed by atoms with Crippen molar-refractivity contribution in [3.05, 3.63) is 63.4 Å². The third kappa shape index (κ3) is 3.22. The van der Waals surface area contributed by atoms with Crippen LogP contribution < -0.4 is 4.74 Å². The predicted octanol–water partition coefficient (Wildman–Crippen LogP) is 6.38. The van der Waals surface area contributed by atoms with E-state index < -0.39 is 0 Å². The number of rotatable bonds is 3. The van der Waals surface area contributed by atoms with Crippen molar-refractivity contribution in [3.63, 3.8) is 0 Å². The molecule has 2 aromatic carbocycles. The third-order valence-corrected chi connectivity index (χ3v) is 3.73. The molecule has 0 aliphatic rings. The molecule has 0 aromatic heterocycles. The van der Waals surface area contributed by atoms with Crippen LogP contribution in [0, 0.1) is 12.7 Å². The Morgan fingerprint density at radius 2 is 2.00 bits per heavy atom. The molecule has 0 heterocycles.